The normalized spacial score (nSPS) is 13.1. The Hall–Kier alpha value is -5.33. The summed E-state index contributed by atoms with van der Waals surface area (Å²) in [6.45, 7) is 24.6. The monoisotopic (exact) mass is 967 g/mol. The van der Waals surface area contributed by atoms with Crippen LogP contribution in [-0.4, -0.2) is 26.7 Å². The summed E-state index contributed by atoms with van der Waals surface area (Å²) >= 11 is 0. The van der Waals surface area contributed by atoms with Crippen molar-refractivity contribution in [3.63, 3.8) is 0 Å². The summed E-state index contributed by atoms with van der Waals surface area (Å²) in [5.41, 5.74) is 13.5. The molecule has 0 saturated carbocycles. The first kappa shape index (κ1) is 43.3. The van der Waals surface area contributed by atoms with Gasteiger partial charge in [0.25, 0.3) is 0 Å². The average molecular weight is 968 g/mol. The van der Waals surface area contributed by atoms with Gasteiger partial charge in [0.1, 0.15) is 23.1 Å². The van der Waals surface area contributed by atoms with Crippen LogP contribution in [0.4, 0.5) is 34.4 Å². The number of anilines is 6. The van der Waals surface area contributed by atoms with Crippen LogP contribution in [0.3, 0.4) is 0 Å². The van der Waals surface area contributed by atoms with Crippen LogP contribution in [0.15, 0.2) is 109 Å². The summed E-state index contributed by atoms with van der Waals surface area (Å²) in [7, 11) is 0. The molecule has 59 heavy (non-hydrogen) atoms. The Morgan fingerprint density at radius 1 is 0.559 bits per heavy atom. The van der Waals surface area contributed by atoms with E-state index in [4.69, 9.17) is 0 Å². The van der Waals surface area contributed by atoms with Gasteiger partial charge in [-0.15, -0.1) is 6.67 Å². The van der Waals surface area contributed by atoms with Gasteiger partial charge in [-0.2, -0.15) is 6.67 Å². The van der Waals surface area contributed by atoms with Crippen molar-refractivity contribution in [2.45, 2.75) is 86.0 Å². The van der Waals surface area contributed by atoms with Gasteiger partial charge in [0.05, 0.1) is 11.4 Å². The minimum Gasteiger partial charge on any atom is -0.513 e. The minimum absolute atomic E-state index is 0. The zero-order valence-electron chi connectivity index (χ0n) is 35.5. The number of nitrogens with zero attached hydrogens (tertiary/aromatic N) is 5. The van der Waals surface area contributed by atoms with E-state index in [0.717, 1.165) is 52.1 Å². The summed E-state index contributed by atoms with van der Waals surface area (Å²) in [5, 5.41) is 24.6. The molecule has 4 heterocycles. The van der Waals surface area contributed by atoms with Gasteiger partial charge in [-0.25, -0.2) is 9.97 Å². The molecule has 308 valence electrons. The number of aromatic nitrogens is 2. The number of rotatable bonds is 9. The van der Waals surface area contributed by atoms with E-state index in [9.17, 15) is 10.2 Å². The van der Waals surface area contributed by atoms with E-state index in [-0.39, 0.29) is 32.6 Å². The number of hydrogen-bond acceptors (Lipinski definition) is 8. The molecule has 8 nitrogen and oxygen atoms in total. The molecule has 9 heteroatoms. The van der Waals surface area contributed by atoms with E-state index in [0.29, 0.717) is 23.7 Å². The molecule has 0 spiro atoms. The number of nitrogens with one attached hydrogen (secondary N) is 1. The molecule has 2 aliphatic heterocycles. The maximum atomic E-state index is 10.8. The van der Waals surface area contributed by atoms with Gasteiger partial charge < -0.3 is 30.2 Å². The predicted molar refractivity (Wildman–Crippen MR) is 241 cm³/mol. The SMILES string of the molecule is CC(C)c1cccc(C(C)C)c1-c1ccc(O)c(N2[CH-]Nc3cccnc32)c1.CCN1[CH-]N(c2cc(-c3c(C(C)C)cccc3C(C)C)ccc2O)c2ncccc21.[Pt+2]. The Bertz CT molecular complexity index is 2360. The van der Waals surface area contributed by atoms with Crippen molar-refractivity contribution in [1.82, 2.24) is 9.97 Å². The minimum atomic E-state index is 0. The molecule has 8 rings (SSSR count). The molecule has 0 unspecified atom stereocenters. The van der Waals surface area contributed by atoms with Crippen molar-refractivity contribution in [3.05, 3.63) is 145 Å². The maximum Gasteiger partial charge on any atom is 2.00 e. The van der Waals surface area contributed by atoms with Crippen molar-refractivity contribution in [1.29, 1.82) is 0 Å². The second kappa shape index (κ2) is 18.3. The molecule has 0 atom stereocenters. The van der Waals surface area contributed by atoms with Gasteiger partial charge >= 0.3 is 21.1 Å². The zero-order chi connectivity index (χ0) is 41.2. The largest absolute Gasteiger partial charge is 2.00 e. The summed E-state index contributed by atoms with van der Waals surface area (Å²) in [6.07, 6.45) is 3.56. The number of benzene rings is 4. The second-order valence-corrected chi connectivity index (χ2v) is 16.3. The fraction of sp³-hybridized carbons (Fsp3) is 0.280. The van der Waals surface area contributed by atoms with Crippen molar-refractivity contribution in [2.24, 2.45) is 0 Å². The molecular weight excluding hydrogens is 912 g/mol. The molecule has 2 aliphatic rings. The topological polar surface area (TPSA) is 88.0 Å². The Morgan fingerprint density at radius 2 is 1.02 bits per heavy atom. The summed E-state index contributed by atoms with van der Waals surface area (Å²) in [5.74, 6) is 3.75. The van der Waals surface area contributed by atoms with Gasteiger partial charge in [-0.1, -0.05) is 104 Å². The third-order valence-corrected chi connectivity index (χ3v) is 11.1. The molecule has 0 radical (unpaired) electrons. The number of fused-ring (bicyclic) bond motifs is 2. The summed E-state index contributed by atoms with van der Waals surface area (Å²) < 4.78 is 0. The van der Waals surface area contributed by atoms with Crippen molar-refractivity contribution in [2.75, 3.05) is 26.6 Å². The van der Waals surface area contributed by atoms with Crippen LogP contribution in [0.25, 0.3) is 22.3 Å². The number of phenols is 2. The Morgan fingerprint density at radius 3 is 1.49 bits per heavy atom. The van der Waals surface area contributed by atoms with Crippen molar-refractivity contribution in [3.8, 4) is 33.8 Å². The molecule has 0 fully saturated rings. The molecule has 2 aromatic heterocycles. The first-order valence-electron chi connectivity index (χ1n) is 20.5. The van der Waals surface area contributed by atoms with Crippen LogP contribution in [0.1, 0.15) is 108 Å². The molecular formula is C50H56N6O2Pt. The first-order valence-corrected chi connectivity index (χ1v) is 20.5. The van der Waals surface area contributed by atoms with Crippen LogP contribution < -0.4 is 20.0 Å². The number of pyridine rings is 2. The molecule has 3 N–H and O–H groups in total. The van der Waals surface area contributed by atoms with E-state index in [1.54, 1.807) is 24.5 Å². The average Bonchev–Trinajstić information content (AvgIpc) is 3.83. The van der Waals surface area contributed by atoms with E-state index in [1.807, 2.05) is 53.5 Å². The number of aromatic hydroxyl groups is 2. The van der Waals surface area contributed by atoms with Crippen LogP contribution in [0.2, 0.25) is 0 Å². The number of hydrogen-bond donors (Lipinski definition) is 3. The molecule has 4 aromatic carbocycles. The van der Waals surface area contributed by atoms with Crippen molar-refractivity contribution >= 4 is 34.4 Å². The van der Waals surface area contributed by atoms with Gasteiger partial charge in [0, 0.05) is 23.8 Å². The van der Waals surface area contributed by atoms with Gasteiger partial charge in [0.2, 0.25) is 0 Å². The quantitative estimate of drug-likeness (QED) is 0.124. The third-order valence-electron chi connectivity index (χ3n) is 11.1. The van der Waals surface area contributed by atoms with Crippen LogP contribution in [0.5, 0.6) is 11.5 Å². The second-order valence-electron chi connectivity index (χ2n) is 16.3. The van der Waals surface area contributed by atoms with Gasteiger partial charge in [-0.05, 0) is 130 Å². The molecule has 0 amide bonds. The van der Waals surface area contributed by atoms with Crippen LogP contribution in [-0.2, 0) is 21.1 Å². The van der Waals surface area contributed by atoms with E-state index in [2.05, 4.69) is 137 Å². The summed E-state index contributed by atoms with van der Waals surface area (Å²) in [4.78, 5) is 15.1. The standard InChI is InChI=1S/C26H30N3O.C24H26N3O.Pt/c1-6-28-16-29(26-22(28)11-8-14-27-26)23-15-19(12-13-24(23)30)25-20(17(2)3)9-7-10-21(25)18(4)5;1-15(2)18-7-5-8-19(16(3)4)23(18)17-10-11-22(28)21(13-17)27-14-26-20-9-6-12-25-24(20)27;/h7-18,30H,6H2,1-5H3;5-16,26,28H,1-4H3;/q2*-1;+2. The van der Waals surface area contributed by atoms with Gasteiger partial charge in [-0.3, -0.25) is 0 Å². The van der Waals surface area contributed by atoms with Crippen LogP contribution >= 0.6 is 0 Å². The zero-order valence-corrected chi connectivity index (χ0v) is 37.8. The Kier molecular flexibility index (Phi) is 13.4. The fourth-order valence-corrected chi connectivity index (χ4v) is 8.08. The smallest absolute Gasteiger partial charge is 0.513 e. The Labute approximate surface area is 365 Å². The molecule has 6 aromatic rings. The van der Waals surface area contributed by atoms with E-state index in [1.165, 1.54) is 33.4 Å². The molecule has 0 bridgehead atoms. The predicted octanol–water partition coefficient (Wildman–Crippen LogP) is 13.2. The summed E-state index contributed by atoms with van der Waals surface area (Å²) in [6, 6.07) is 32.8. The fourth-order valence-electron chi connectivity index (χ4n) is 8.08. The van der Waals surface area contributed by atoms with E-state index < -0.39 is 0 Å². The van der Waals surface area contributed by atoms with Crippen molar-refractivity contribution < 1.29 is 31.3 Å². The van der Waals surface area contributed by atoms with Gasteiger partial charge in [0.15, 0.2) is 0 Å². The molecule has 0 aliphatic carbocycles. The molecule has 0 saturated heterocycles. The van der Waals surface area contributed by atoms with Crippen LogP contribution in [0, 0.1) is 13.3 Å². The first-order chi connectivity index (χ1) is 27.9. The van der Waals surface area contributed by atoms with E-state index >= 15 is 0 Å². The number of phenolic OH excluding ortho intramolecular Hbond substituents is 2. The third kappa shape index (κ3) is 8.56. The Balaban J connectivity index is 0.000000195. The maximum absolute atomic E-state index is 10.8.